The summed E-state index contributed by atoms with van der Waals surface area (Å²) in [4.78, 5) is 17.0. The van der Waals surface area contributed by atoms with Crippen LogP contribution in [-0.4, -0.2) is 42.1 Å². The molecular formula is C26H21N5O5S. The van der Waals surface area contributed by atoms with Crippen molar-refractivity contribution in [2.75, 3.05) is 18.4 Å². The fourth-order valence-corrected chi connectivity index (χ4v) is 3.84. The van der Waals surface area contributed by atoms with Gasteiger partial charge in [0.05, 0.1) is 12.5 Å². The first-order valence-corrected chi connectivity index (χ1v) is 12.4. The molecule has 2 aromatic heterocycles. The summed E-state index contributed by atoms with van der Waals surface area (Å²) in [7, 11) is -2.59. The predicted molar refractivity (Wildman–Crippen MR) is 138 cm³/mol. The van der Waals surface area contributed by atoms with Crippen LogP contribution in [0.25, 0.3) is 17.7 Å². The first-order valence-electron chi connectivity index (χ1n) is 10.8. The van der Waals surface area contributed by atoms with E-state index < -0.39 is 10.0 Å². The van der Waals surface area contributed by atoms with Crippen molar-refractivity contribution in [3.8, 4) is 47.1 Å². The minimum Gasteiger partial charge on any atom is -0.493 e. The van der Waals surface area contributed by atoms with Gasteiger partial charge in [-0.15, -0.1) is 6.42 Å². The van der Waals surface area contributed by atoms with Gasteiger partial charge in [0.15, 0.2) is 29.7 Å². The van der Waals surface area contributed by atoms with Crippen LogP contribution in [0, 0.1) is 12.3 Å². The zero-order chi connectivity index (χ0) is 26.1. The van der Waals surface area contributed by atoms with E-state index in [0.717, 1.165) is 5.41 Å². The molecule has 0 aliphatic heterocycles. The first-order chi connectivity index (χ1) is 18.0. The molecule has 0 amide bonds. The minimum atomic E-state index is -4.07. The molecule has 0 spiro atoms. The maximum absolute atomic E-state index is 13.0. The number of rotatable bonds is 10. The second-order valence-corrected chi connectivity index (χ2v) is 8.78. The topological polar surface area (TPSA) is 125 Å². The van der Waals surface area contributed by atoms with E-state index in [0.29, 0.717) is 11.3 Å². The van der Waals surface area contributed by atoms with Gasteiger partial charge in [0.25, 0.3) is 15.9 Å². The highest BCUT2D eigenvalue weighted by Gasteiger charge is 2.24. The van der Waals surface area contributed by atoms with Crippen LogP contribution < -0.4 is 18.9 Å². The lowest BCUT2D eigenvalue weighted by Gasteiger charge is -2.17. The van der Waals surface area contributed by atoms with Gasteiger partial charge in [-0.2, -0.15) is 4.98 Å². The number of methoxy groups -OCH3 is 1. The van der Waals surface area contributed by atoms with Crippen LogP contribution in [0.5, 0.6) is 23.1 Å². The van der Waals surface area contributed by atoms with Gasteiger partial charge < -0.3 is 14.2 Å². The molecule has 1 N–H and O–H groups in total. The Hall–Kier alpha value is -4.95. The molecule has 186 valence electrons. The SMILES string of the molecule is C#CCOc1nc(-c2ncccn2)nc(NS(=O)(=O)C=Cc2ccccc2)c1Oc1ccccc1OC. The lowest BCUT2D eigenvalue weighted by Crippen LogP contribution is -2.14. The molecule has 0 aliphatic carbocycles. The molecule has 10 nitrogen and oxygen atoms in total. The summed E-state index contributed by atoms with van der Waals surface area (Å²) in [5, 5.41) is 1.01. The number of hydrogen-bond acceptors (Lipinski definition) is 9. The molecule has 0 aliphatic rings. The highest BCUT2D eigenvalue weighted by atomic mass is 32.2. The molecule has 0 fully saturated rings. The second-order valence-electron chi connectivity index (χ2n) is 7.21. The number of para-hydroxylation sites is 2. The lowest BCUT2D eigenvalue weighted by molar-refractivity contribution is 0.325. The van der Waals surface area contributed by atoms with Crippen LogP contribution in [0.3, 0.4) is 0 Å². The van der Waals surface area contributed by atoms with Crippen molar-refractivity contribution in [2.45, 2.75) is 0 Å². The fraction of sp³-hybridized carbons (Fsp3) is 0.0769. The first kappa shape index (κ1) is 25.2. The largest absolute Gasteiger partial charge is 0.493 e. The maximum Gasteiger partial charge on any atom is 0.264 e. The third kappa shape index (κ3) is 6.59. The molecule has 2 aromatic carbocycles. The lowest BCUT2D eigenvalue weighted by atomic mass is 10.2. The van der Waals surface area contributed by atoms with Gasteiger partial charge in [-0.25, -0.2) is 23.4 Å². The van der Waals surface area contributed by atoms with E-state index in [9.17, 15) is 8.42 Å². The van der Waals surface area contributed by atoms with E-state index in [-0.39, 0.29) is 41.5 Å². The smallest absolute Gasteiger partial charge is 0.264 e. The van der Waals surface area contributed by atoms with Crippen LogP contribution in [0.4, 0.5) is 5.82 Å². The number of hydrogen-bond donors (Lipinski definition) is 1. The Bertz CT molecular complexity index is 1540. The Morgan fingerprint density at radius 1 is 0.946 bits per heavy atom. The summed E-state index contributed by atoms with van der Waals surface area (Å²) < 4.78 is 45.5. The van der Waals surface area contributed by atoms with Gasteiger partial charge in [-0.1, -0.05) is 48.4 Å². The van der Waals surface area contributed by atoms with E-state index in [1.807, 2.05) is 6.07 Å². The summed E-state index contributed by atoms with van der Waals surface area (Å²) in [5.41, 5.74) is 0.692. The summed E-state index contributed by atoms with van der Waals surface area (Å²) in [5.74, 6) is 2.67. The third-order valence-corrected chi connectivity index (χ3v) is 5.62. The Morgan fingerprint density at radius 3 is 2.35 bits per heavy atom. The second kappa shape index (κ2) is 11.7. The van der Waals surface area contributed by atoms with Gasteiger partial charge >= 0.3 is 0 Å². The van der Waals surface area contributed by atoms with Crippen LogP contribution in [0.2, 0.25) is 0 Å². The monoisotopic (exact) mass is 515 g/mol. The quantitative estimate of drug-likeness (QED) is 0.310. The number of aromatic nitrogens is 4. The zero-order valence-corrected chi connectivity index (χ0v) is 20.4. The molecule has 0 atom stereocenters. The van der Waals surface area contributed by atoms with E-state index in [1.54, 1.807) is 54.6 Å². The average Bonchev–Trinajstić information content (AvgIpc) is 2.93. The zero-order valence-electron chi connectivity index (χ0n) is 19.6. The molecular weight excluding hydrogens is 494 g/mol. The van der Waals surface area contributed by atoms with Gasteiger partial charge in [-0.05, 0) is 29.8 Å². The molecule has 4 rings (SSSR count). The van der Waals surface area contributed by atoms with Crippen molar-refractivity contribution in [3.63, 3.8) is 0 Å². The molecule has 0 radical (unpaired) electrons. The number of anilines is 1. The van der Waals surface area contributed by atoms with Crippen molar-refractivity contribution < 1.29 is 22.6 Å². The highest BCUT2D eigenvalue weighted by Crippen LogP contribution is 2.41. The normalized spacial score (nSPS) is 11.0. The number of sulfonamides is 1. The number of terminal acetylenes is 1. The summed E-state index contributed by atoms with van der Waals surface area (Å²) in [6.45, 7) is -0.172. The molecule has 11 heteroatoms. The van der Waals surface area contributed by atoms with Crippen molar-refractivity contribution >= 4 is 21.9 Å². The van der Waals surface area contributed by atoms with E-state index in [4.69, 9.17) is 20.6 Å². The summed E-state index contributed by atoms with van der Waals surface area (Å²) >= 11 is 0. The Balaban J connectivity index is 1.83. The minimum absolute atomic E-state index is 0.00950. The predicted octanol–water partition coefficient (Wildman–Crippen LogP) is 4.16. The van der Waals surface area contributed by atoms with E-state index in [2.05, 4.69) is 30.6 Å². The number of nitrogens with zero attached hydrogens (tertiary/aromatic N) is 4. The maximum atomic E-state index is 13.0. The van der Waals surface area contributed by atoms with E-state index >= 15 is 0 Å². The third-order valence-electron chi connectivity index (χ3n) is 4.65. The summed E-state index contributed by atoms with van der Waals surface area (Å²) in [6, 6.07) is 17.4. The molecule has 4 aromatic rings. The van der Waals surface area contributed by atoms with Gasteiger partial charge in [-0.3, -0.25) is 4.72 Å². The van der Waals surface area contributed by atoms with Crippen LogP contribution in [0.15, 0.2) is 78.5 Å². The summed E-state index contributed by atoms with van der Waals surface area (Å²) in [6.07, 6.45) is 9.83. The van der Waals surface area contributed by atoms with Gasteiger partial charge in [0.2, 0.25) is 11.6 Å². The van der Waals surface area contributed by atoms with Gasteiger partial charge in [0, 0.05) is 12.4 Å². The van der Waals surface area contributed by atoms with Crippen molar-refractivity contribution in [1.29, 1.82) is 0 Å². The van der Waals surface area contributed by atoms with Crippen molar-refractivity contribution in [1.82, 2.24) is 19.9 Å². The standard InChI is InChI=1S/C26H21N5O5S/c1-3-17-35-26-22(36-21-13-8-7-12-20(21)34-2)23(29-25(30-26)24-27-15-9-16-28-24)31-37(32,33)18-14-19-10-5-4-6-11-19/h1,4-16,18H,17H2,2H3,(H,29,30,31). The molecule has 37 heavy (non-hydrogen) atoms. The molecule has 0 bridgehead atoms. The number of benzene rings is 2. The van der Waals surface area contributed by atoms with Crippen molar-refractivity contribution in [2.24, 2.45) is 0 Å². The van der Waals surface area contributed by atoms with Crippen LogP contribution >= 0.6 is 0 Å². The number of nitrogens with one attached hydrogen (secondary N) is 1. The van der Waals surface area contributed by atoms with Crippen LogP contribution in [0.1, 0.15) is 5.56 Å². The molecule has 0 saturated carbocycles. The number of ether oxygens (including phenoxy) is 3. The van der Waals surface area contributed by atoms with E-state index in [1.165, 1.54) is 25.6 Å². The van der Waals surface area contributed by atoms with Crippen LogP contribution in [-0.2, 0) is 10.0 Å². The molecule has 0 saturated heterocycles. The Labute approximate surface area is 214 Å². The highest BCUT2D eigenvalue weighted by molar-refractivity contribution is 7.95. The van der Waals surface area contributed by atoms with Crippen molar-refractivity contribution in [3.05, 3.63) is 84.0 Å². The average molecular weight is 516 g/mol. The molecule has 0 unspecified atom stereocenters. The Morgan fingerprint density at radius 2 is 1.65 bits per heavy atom. The fourth-order valence-electron chi connectivity index (χ4n) is 3.03. The molecule has 2 heterocycles. The Kier molecular flexibility index (Phi) is 7.92. The van der Waals surface area contributed by atoms with Gasteiger partial charge in [0.1, 0.15) is 0 Å².